The molecule has 0 saturated heterocycles. The summed E-state index contributed by atoms with van der Waals surface area (Å²) < 4.78 is 10.3. The first kappa shape index (κ1) is 16.2. The van der Waals surface area contributed by atoms with Crippen LogP contribution in [0.4, 0.5) is 4.79 Å². The molecule has 102 valence electrons. The summed E-state index contributed by atoms with van der Waals surface area (Å²) in [5.74, 6) is 0. The Morgan fingerprint density at radius 2 is 1.88 bits per heavy atom. The van der Waals surface area contributed by atoms with Gasteiger partial charge in [0.05, 0.1) is 0 Å². The first-order valence-electron chi connectivity index (χ1n) is 6.21. The number of nitrogens with one attached hydrogen (secondary N) is 2. The number of amides is 1. The van der Waals surface area contributed by atoms with Crippen LogP contribution >= 0.6 is 0 Å². The topological polar surface area (TPSA) is 59.6 Å². The van der Waals surface area contributed by atoms with Crippen molar-refractivity contribution >= 4 is 6.09 Å². The number of hydrogen-bond acceptors (Lipinski definition) is 4. The molecule has 0 rings (SSSR count). The van der Waals surface area contributed by atoms with Crippen molar-refractivity contribution in [3.8, 4) is 0 Å². The zero-order valence-corrected chi connectivity index (χ0v) is 11.5. The van der Waals surface area contributed by atoms with Gasteiger partial charge in [0.15, 0.2) is 0 Å². The molecule has 5 heteroatoms. The number of ether oxygens (including phenoxy) is 2. The smallest absolute Gasteiger partial charge is 0.407 e. The van der Waals surface area contributed by atoms with Crippen LogP contribution < -0.4 is 10.6 Å². The van der Waals surface area contributed by atoms with Gasteiger partial charge in [-0.15, -0.1) is 0 Å². The van der Waals surface area contributed by atoms with Crippen molar-refractivity contribution in [2.24, 2.45) is 0 Å². The van der Waals surface area contributed by atoms with Crippen molar-refractivity contribution in [3.63, 3.8) is 0 Å². The van der Waals surface area contributed by atoms with E-state index in [0.29, 0.717) is 6.54 Å². The van der Waals surface area contributed by atoms with E-state index in [2.05, 4.69) is 10.6 Å². The van der Waals surface area contributed by atoms with Gasteiger partial charge in [0.2, 0.25) is 0 Å². The Kier molecular flexibility index (Phi) is 8.80. The number of carbonyl (C=O) groups is 1. The van der Waals surface area contributed by atoms with Gasteiger partial charge in [0.25, 0.3) is 0 Å². The van der Waals surface area contributed by atoms with E-state index in [1.807, 2.05) is 27.7 Å². The van der Waals surface area contributed by atoms with Crippen LogP contribution in [0, 0.1) is 0 Å². The SMILES string of the molecule is CCOCCCNCCNC(=O)OC(C)(C)C. The van der Waals surface area contributed by atoms with E-state index in [9.17, 15) is 4.79 Å². The summed E-state index contributed by atoms with van der Waals surface area (Å²) >= 11 is 0. The van der Waals surface area contributed by atoms with Gasteiger partial charge in [-0.25, -0.2) is 4.79 Å². The second-order valence-electron chi connectivity index (χ2n) is 4.73. The normalized spacial score (nSPS) is 11.3. The van der Waals surface area contributed by atoms with Gasteiger partial charge in [0, 0.05) is 26.3 Å². The van der Waals surface area contributed by atoms with Crippen LogP contribution in [-0.2, 0) is 9.47 Å². The van der Waals surface area contributed by atoms with Crippen molar-refractivity contribution in [1.29, 1.82) is 0 Å². The van der Waals surface area contributed by atoms with Crippen LogP contribution in [0.15, 0.2) is 0 Å². The highest BCUT2D eigenvalue weighted by molar-refractivity contribution is 5.67. The summed E-state index contributed by atoms with van der Waals surface area (Å²) in [4.78, 5) is 11.3. The Balaban J connectivity index is 3.25. The summed E-state index contributed by atoms with van der Waals surface area (Å²) in [5.41, 5.74) is -0.436. The van der Waals surface area contributed by atoms with Crippen molar-refractivity contribution in [2.75, 3.05) is 32.8 Å². The highest BCUT2D eigenvalue weighted by atomic mass is 16.6. The number of alkyl carbamates (subject to hydrolysis) is 1. The van der Waals surface area contributed by atoms with Crippen LogP contribution in [0.3, 0.4) is 0 Å². The molecule has 0 aromatic heterocycles. The molecule has 0 spiro atoms. The lowest BCUT2D eigenvalue weighted by Gasteiger charge is -2.19. The molecule has 0 saturated carbocycles. The van der Waals surface area contributed by atoms with Crippen LogP contribution in [0.2, 0.25) is 0 Å². The second kappa shape index (κ2) is 9.24. The highest BCUT2D eigenvalue weighted by Crippen LogP contribution is 2.05. The van der Waals surface area contributed by atoms with E-state index in [4.69, 9.17) is 9.47 Å². The van der Waals surface area contributed by atoms with Crippen LogP contribution in [0.1, 0.15) is 34.1 Å². The maximum Gasteiger partial charge on any atom is 0.407 e. The molecule has 0 radical (unpaired) electrons. The van der Waals surface area contributed by atoms with Gasteiger partial charge >= 0.3 is 6.09 Å². The largest absolute Gasteiger partial charge is 0.444 e. The second-order valence-corrected chi connectivity index (χ2v) is 4.73. The zero-order valence-electron chi connectivity index (χ0n) is 11.5. The molecule has 0 aliphatic rings. The average molecular weight is 246 g/mol. The van der Waals surface area contributed by atoms with Crippen molar-refractivity contribution in [2.45, 2.75) is 39.7 Å². The molecule has 0 atom stereocenters. The molecule has 0 heterocycles. The maximum atomic E-state index is 11.3. The Morgan fingerprint density at radius 3 is 2.47 bits per heavy atom. The fraction of sp³-hybridized carbons (Fsp3) is 0.917. The molecule has 1 amide bonds. The minimum atomic E-state index is -0.436. The molecule has 0 bridgehead atoms. The Hall–Kier alpha value is -0.810. The van der Waals surface area contributed by atoms with Gasteiger partial charge in [-0.1, -0.05) is 0 Å². The third kappa shape index (κ3) is 13.1. The third-order valence-electron chi connectivity index (χ3n) is 1.82. The molecule has 0 fully saturated rings. The molecule has 2 N–H and O–H groups in total. The van der Waals surface area contributed by atoms with Crippen molar-refractivity contribution in [3.05, 3.63) is 0 Å². The lowest BCUT2D eigenvalue weighted by molar-refractivity contribution is 0.0528. The zero-order chi connectivity index (χ0) is 13.1. The van der Waals surface area contributed by atoms with Crippen LogP contribution in [0.25, 0.3) is 0 Å². The summed E-state index contributed by atoms with van der Waals surface area (Å²) in [5, 5.41) is 5.90. The van der Waals surface area contributed by atoms with Gasteiger partial charge in [-0.2, -0.15) is 0 Å². The lowest BCUT2D eigenvalue weighted by atomic mass is 10.2. The van der Waals surface area contributed by atoms with Gasteiger partial charge in [-0.05, 0) is 40.7 Å². The molecule has 17 heavy (non-hydrogen) atoms. The molecule has 0 aromatic carbocycles. The molecule has 0 unspecified atom stereocenters. The maximum absolute atomic E-state index is 11.3. The van der Waals surface area contributed by atoms with E-state index >= 15 is 0 Å². The fourth-order valence-electron chi connectivity index (χ4n) is 1.14. The van der Waals surface area contributed by atoms with E-state index in [1.54, 1.807) is 0 Å². The van der Waals surface area contributed by atoms with E-state index < -0.39 is 5.60 Å². The van der Waals surface area contributed by atoms with Crippen LogP contribution in [0.5, 0.6) is 0 Å². The Labute approximate surface area is 104 Å². The van der Waals surface area contributed by atoms with Gasteiger partial charge < -0.3 is 20.1 Å². The lowest BCUT2D eigenvalue weighted by Crippen LogP contribution is -2.36. The molecular weight excluding hydrogens is 220 g/mol. The number of hydrogen-bond donors (Lipinski definition) is 2. The first-order valence-corrected chi connectivity index (χ1v) is 6.21. The van der Waals surface area contributed by atoms with Gasteiger partial charge in [0.1, 0.15) is 5.60 Å². The summed E-state index contributed by atoms with van der Waals surface area (Å²) in [7, 11) is 0. The third-order valence-corrected chi connectivity index (χ3v) is 1.82. The van der Waals surface area contributed by atoms with E-state index in [0.717, 1.165) is 32.7 Å². The minimum Gasteiger partial charge on any atom is -0.444 e. The average Bonchev–Trinajstić information content (AvgIpc) is 2.19. The van der Waals surface area contributed by atoms with Gasteiger partial charge in [-0.3, -0.25) is 0 Å². The molecule has 5 nitrogen and oxygen atoms in total. The van der Waals surface area contributed by atoms with E-state index in [1.165, 1.54) is 0 Å². The summed E-state index contributed by atoms with van der Waals surface area (Å²) in [6.07, 6.45) is 0.619. The Morgan fingerprint density at radius 1 is 1.18 bits per heavy atom. The quantitative estimate of drug-likeness (QED) is 0.638. The summed E-state index contributed by atoms with van der Waals surface area (Å²) in [6.45, 7) is 11.3. The van der Waals surface area contributed by atoms with Crippen molar-refractivity contribution in [1.82, 2.24) is 10.6 Å². The number of rotatable bonds is 8. The minimum absolute atomic E-state index is 0.367. The van der Waals surface area contributed by atoms with Crippen LogP contribution in [-0.4, -0.2) is 44.5 Å². The molecule has 0 aromatic rings. The molecule has 0 aliphatic heterocycles. The van der Waals surface area contributed by atoms with E-state index in [-0.39, 0.29) is 6.09 Å². The predicted molar refractivity (Wildman–Crippen MR) is 68.2 cm³/mol. The molecule has 0 aliphatic carbocycles. The first-order chi connectivity index (χ1) is 7.95. The summed E-state index contributed by atoms with van der Waals surface area (Å²) in [6, 6.07) is 0. The monoisotopic (exact) mass is 246 g/mol. The predicted octanol–water partition coefficient (Wildman–Crippen LogP) is 1.53. The fourth-order valence-corrected chi connectivity index (χ4v) is 1.14. The standard InChI is InChI=1S/C12H26N2O3/c1-5-16-10-6-7-13-8-9-14-11(15)17-12(2,3)4/h13H,5-10H2,1-4H3,(H,14,15). The Bertz CT molecular complexity index is 202. The molecular formula is C12H26N2O3. The highest BCUT2D eigenvalue weighted by Gasteiger charge is 2.15. The van der Waals surface area contributed by atoms with Crippen molar-refractivity contribution < 1.29 is 14.3 Å². The number of carbonyl (C=O) groups excluding carboxylic acids is 1.